The second-order valence-corrected chi connectivity index (χ2v) is 9.50. The van der Waals surface area contributed by atoms with Gasteiger partial charge in [-0.1, -0.05) is 6.92 Å². The lowest BCUT2D eigenvalue weighted by atomic mass is 9.61. The number of nitrogens with one attached hydrogen (secondary N) is 2. The van der Waals surface area contributed by atoms with Crippen molar-refractivity contribution in [3.63, 3.8) is 0 Å². The monoisotopic (exact) mass is 406 g/mol. The van der Waals surface area contributed by atoms with Crippen LogP contribution in [0.4, 0.5) is 0 Å². The topological polar surface area (TPSA) is 66.5 Å². The molecule has 3 heterocycles. The van der Waals surface area contributed by atoms with Gasteiger partial charge < -0.3 is 15.4 Å². The minimum atomic E-state index is -0.247. The van der Waals surface area contributed by atoms with Gasteiger partial charge in [0.25, 0.3) is 0 Å². The Bertz CT molecular complexity index is 661. The Kier molecular flexibility index (Phi) is 6.66. The molecule has 3 fully saturated rings. The molecule has 0 unspecified atom stereocenters. The predicted octanol–water partition coefficient (Wildman–Crippen LogP) is 2.19. The Morgan fingerprint density at radius 2 is 2.29 bits per heavy atom. The summed E-state index contributed by atoms with van der Waals surface area (Å²) in [6.45, 7) is 8.35. The van der Waals surface area contributed by atoms with Crippen molar-refractivity contribution in [3.8, 4) is 0 Å². The first-order valence-corrected chi connectivity index (χ1v) is 11.8. The molecular weight excluding hydrogens is 372 g/mol. The SMILES string of the molecule is CCCc1nc(CNC(=O)[C@@]23CC[C@@H](N4CCOCC4)C[C@H]2CCNC3)cs1. The van der Waals surface area contributed by atoms with Crippen molar-refractivity contribution in [3.05, 3.63) is 16.1 Å². The van der Waals surface area contributed by atoms with Gasteiger partial charge >= 0.3 is 0 Å². The number of aromatic nitrogens is 1. The van der Waals surface area contributed by atoms with Crippen molar-refractivity contribution in [2.45, 2.75) is 58.0 Å². The molecule has 1 amide bonds. The molecule has 1 aromatic heterocycles. The summed E-state index contributed by atoms with van der Waals surface area (Å²) in [7, 11) is 0. The van der Waals surface area contributed by atoms with Gasteiger partial charge in [0.15, 0.2) is 0 Å². The van der Waals surface area contributed by atoms with Crippen molar-refractivity contribution in [2.24, 2.45) is 11.3 Å². The number of carbonyl (C=O) groups is 1. The lowest BCUT2D eigenvalue weighted by molar-refractivity contribution is -0.140. The molecule has 7 heteroatoms. The first-order chi connectivity index (χ1) is 13.7. The number of amides is 1. The minimum Gasteiger partial charge on any atom is -0.379 e. The van der Waals surface area contributed by atoms with Crippen LogP contribution in [-0.4, -0.2) is 61.2 Å². The highest BCUT2D eigenvalue weighted by atomic mass is 32.1. The number of hydrogen-bond acceptors (Lipinski definition) is 6. The van der Waals surface area contributed by atoms with Gasteiger partial charge in [0.2, 0.25) is 5.91 Å². The zero-order chi connectivity index (χ0) is 19.4. The van der Waals surface area contributed by atoms with Crippen molar-refractivity contribution in [1.29, 1.82) is 0 Å². The van der Waals surface area contributed by atoms with Crippen LogP contribution < -0.4 is 10.6 Å². The zero-order valence-electron chi connectivity index (χ0n) is 17.0. The third-order valence-corrected chi connectivity index (χ3v) is 7.84. The summed E-state index contributed by atoms with van der Waals surface area (Å²) in [4.78, 5) is 20.6. The number of fused-ring (bicyclic) bond motifs is 1. The fraction of sp³-hybridized carbons (Fsp3) is 0.810. The Morgan fingerprint density at radius 3 is 3.11 bits per heavy atom. The summed E-state index contributed by atoms with van der Waals surface area (Å²) in [5, 5.41) is 10.0. The van der Waals surface area contributed by atoms with Crippen LogP contribution in [0.25, 0.3) is 0 Å². The molecule has 0 bridgehead atoms. The summed E-state index contributed by atoms with van der Waals surface area (Å²) in [6, 6.07) is 0.614. The molecule has 4 rings (SSSR count). The van der Waals surface area contributed by atoms with E-state index in [1.54, 1.807) is 11.3 Å². The smallest absolute Gasteiger partial charge is 0.228 e. The van der Waals surface area contributed by atoms with Crippen molar-refractivity contribution >= 4 is 17.2 Å². The summed E-state index contributed by atoms with van der Waals surface area (Å²) in [5.74, 6) is 0.705. The number of carbonyl (C=O) groups excluding carboxylic acids is 1. The van der Waals surface area contributed by atoms with Crippen LogP contribution in [-0.2, 0) is 22.5 Å². The summed E-state index contributed by atoms with van der Waals surface area (Å²) in [5.41, 5.74) is 0.754. The van der Waals surface area contributed by atoms with Crippen molar-refractivity contribution < 1.29 is 9.53 Å². The molecule has 0 spiro atoms. The average molecular weight is 407 g/mol. The standard InChI is InChI=1S/C21H34N4O2S/c1-2-3-19-24-17(14-28-19)13-23-20(26)21-6-4-18(25-8-10-27-11-9-25)12-16(21)5-7-22-15-21/h14,16,18,22H,2-13,15H2,1H3,(H,23,26)/t16-,18-,21-/m1/s1. The number of aryl methyl sites for hydroxylation is 1. The zero-order valence-corrected chi connectivity index (χ0v) is 17.9. The maximum atomic E-state index is 13.3. The molecule has 156 valence electrons. The van der Waals surface area contributed by atoms with E-state index in [0.29, 0.717) is 18.5 Å². The van der Waals surface area contributed by atoms with Crippen LogP contribution in [0.15, 0.2) is 5.38 Å². The molecule has 2 aliphatic heterocycles. The quantitative estimate of drug-likeness (QED) is 0.758. The van der Waals surface area contributed by atoms with Crippen molar-refractivity contribution in [2.75, 3.05) is 39.4 Å². The van der Waals surface area contributed by atoms with Gasteiger partial charge in [-0.3, -0.25) is 9.69 Å². The second kappa shape index (κ2) is 9.20. The Balaban J connectivity index is 1.38. The van der Waals surface area contributed by atoms with E-state index in [4.69, 9.17) is 4.74 Å². The van der Waals surface area contributed by atoms with Gasteiger partial charge in [0.1, 0.15) is 0 Å². The maximum absolute atomic E-state index is 13.3. The normalized spacial score (nSPS) is 31.3. The molecule has 0 aromatic carbocycles. The van der Waals surface area contributed by atoms with E-state index in [9.17, 15) is 4.79 Å². The van der Waals surface area contributed by atoms with Gasteiger partial charge in [0.05, 0.1) is 35.9 Å². The van der Waals surface area contributed by atoms with E-state index in [1.165, 1.54) is 5.01 Å². The van der Waals surface area contributed by atoms with Gasteiger partial charge in [0, 0.05) is 31.1 Å². The summed E-state index contributed by atoms with van der Waals surface area (Å²) in [6.07, 6.45) is 6.48. The lowest BCUT2D eigenvalue weighted by Gasteiger charge is -2.50. The highest BCUT2D eigenvalue weighted by molar-refractivity contribution is 7.09. The fourth-order valence-corrected chi connectivity index (χ4v) is 6.17. The van der Waals surface area contributed by atoms with E-state index < -0.39 is 0 Å². The number of nitrogens with zero attached hydrogens (tertiary/aromatic N) is 2. The molecule has 28 heavy (non-hydrogen) atoms. The van der Waals surface area contributed by atoms with Gasteiger partial charge in [-0.15, -0.1) is 11.3 Å². The van der Waals surface area contributed by atoms with E-state index in [0.717, 1.165) is 83.6 Å². The molecular formula is C21H34N4O2S. The van der Waals surface area contributed by atoms with E-state index >= 15 is 0 Å². The third-order valence-electron chi connectivity index (χ3n) is 6.88. The van der Waals surface area contributed by atoms with Crippen molar-refractivity contribution in [1.82, 2.24) is 20.5 Å². The number of ether oxygens (including phenoxy) is 1. The highest BCUT2D eigenvalue weighted by Crippen LogP contribution is 2.46. The molecule has 2 N–H and O–H groups in total. The number of piperidine rings is 1. The molecule has 2 saturated heterocycles. The van der Waals surface area contributed by atoms with E-state index in [1.807, 2.05) is 0 Å². The van der Waals surface area contributed by atoms with E-state index in [-0.39, 0.29) is 11.3 Å². The first kappa shape index (κ1) is 20.3. The van der Waals surface area contributed by atoms with Gasteiger partial charge in [-0.25, -0.2) is 4.98 Å². The molecule has 3 aliphatic rings. The third kappa shape index (κ3) is 4.27. The average Bonchev–Trinajstić information content (AvgIpc) is 3.20. The number of thiazole rings is 1. The van der Waals surface area contributed by atoms with Gasteiger partial charge in [-0.05, 0) is 51.0 Å². The molecule has 6 nitrogen and oxygen atoms in total. The number of hydrogen-bond donors (Lipinski definition) is 2. The fourth-order valence-electron chi connectivity index (χ4n) is 5.27. The predicted molar refractivity (Wildman–Crippen MR) is 111 cm³/mol. The van der Waals surface area contributed by atoms with Crippen LogP contribution in [0.3, 0.4) is 0 Å². The first-order valence-electron chi connectivity index (χ1n) is 11.0. The summed E-state index contributed by atoms with van der Waals surface area (Å²) >= 11 is 1.71. The van der Waals surface area contributed by atoms with Crippen LogP contribution in [0, 0.1) is 11.3 Å². The van der Waals surface area contributed by atoms with Crippen LogP contribution >= 0.6 is 11.3 Å². The summed E-state index contributed by atoms with van der Waals surface area (Å²) < 4.78 is 5.53. The maximum Gasteiger partial charge on any atom is 0.228 e. The lowest BCUT2D eigenvalue weighted by Crippen LogP contribution is -2.60. The highest BCUT2D eigenvalue weighted by Gasteiger charge is 2.50. The Hall–Kier alpha value is -1.02. The van der Waals surface area contributed by atoms with Crippen LogP contribution in [0.1, 0.15) is 49.7 Å². The molecule has 1 aromatic rings. The van der Waals surface area contributed by atoms with E-state index in [2.05, 4.69) is 32.8 Å². The van der Waals surface area contributed by atoms with Gasteiger partial charge in [-0.2, -0.15) is 0 Å². The Morgan fingerprint density at radius 1 is 1.43 bits per heavy atom. The van der Waals surface area contributed by atoms with Crippen LogP contribution in [0.2, 0.25) is 0 Å². The molecule has 0 radical (unpaired) electrons. The Labute approximate surface area is 172 Å². The number of rotatable bonds is 6. The second-order valence-electron chi connectivity index (χ2n) is 8.56. The largest absolute Gasteiger partial charge is 0.379 e. The molecule has 3 atom stereocenters. The number of morpholine rings is 1. The van der Waals surface area contributed by atoms with Crippen LogP contribution in [0.5, 0.6) is 0 Å². The molecule has 1 saturated carbocycles. The minimum absolute atomic E-state index is 0.232. The molecule has 1 aliphatic carbocycles.